The van der Waals surface area contributed by atoms with Gasteiger partial charge in [-0.05, 0) is 37.1 Å². The van der Waals surface area contributed by atoms with Crippen molar-refractivity contribution in [1.82, 2.24) is 10.2 Å². The Hall–Kier alpha value is -2.51. The highest BCUT2D eigenvalue weighted by Crippen LogP contribution is 2.57. The van der Waals surface area contributed by atoms with Crippen LogP contribution in [-0.2, 0) is 5.41 Å². The maximum Gasteiger partial charge on any atom is 0.272 e. The van der Waals surface area contributed by atoms with Gasteiger partial charge in [0, 0.05) is 23.3 Å². The molecule has 0 bridgehead atoms. The van der Waals surface area contributed by atoms with Gasteiger partial charge in [0.1, 0.15) is 5.82 Å². The molecule has 0 aliphatic heterocycles. The second-order valence-electron chi connectivity index (χ2n) is 6.04. The van der Waals surface area contributed by atoms with Crippen LogP contribution in [0.1, 0.15) is 24.3 Å². The Kier molecular flexibility index (Phi) is 3.93. The number of aromatic nitrogens is 2. The van der Waals surface area contributed by atoms with Gasteiger partial charge in [0.25, 0.3) is 5.69 Å². The lowest BCUT2D eigenvalue weighted by molar-refractivity contribution is -0.384. The fraction of sp³-hybridized carbons (Fsp3) is 0.176. The molecule has 1 aliphatic rings. The van der Waals surface area contributed by atoms with E-state index in [1.807, 2.05) is 0 Å². The lowest BCUT2D eigenvalue weighted by Gasteiger charge is -2.14. The van der Waals surface area contributed by atoms with Gasteiger partial charge < -0.3 is 4.42 Å². The molecular formula is C17H10Cl2FN3O3. The van der Waals surface area contributed by atoms with Crippen LogP contribution >= 0.6 is 23.2 Å². The summed E-state index contributed by atoms with van der Waals surface area (Å²) in [6.07, 6.45) is 1.35. The standard InChI is InChI=1S/C17H10Cl2FN3O3/c18-12-7-11(23(24)25)8-13(19)14(12)17(5-6-17)16-22-21-15(26-16)9-1-3-10(20)4-2-9/h1-4,7-8H,5-6H2. The lowest BCUT2D eigenvalue weighted by Crippen LogP contribution is -2.11. The van der Waals surface area contributed by atoms with Crippen LogP contribution in [-0.4, -0.2) is 15.1 Å². The summed E-state index contributed by atoms with van der Waals surface area (Å²) in [5, 5.41) is 19.4. The van der Waals surface area contributed by atoms with Crippen LogP contribution < -0.4 is 0 Å². The van der Waals surface area contributed by atoms with E-state index in [0.717, 1.165) is 0 Å². The van der Waals surface area contributed by atoms with Crippen molar-refractivity contribution >= 4 is 28.9 Å². The summed E-state index contributed by atoms with van der Waals surface area (Å²) in [7, 11) is 0. The van der Waals surface area contributed by atoms with Gasteiger partial charge in [0.2, 0.25) is 11.8 Å². The highest BCUT2D eigenvalue weighted by atomic mass is 35.5. The predicted molar refractivity (Wildman–Crippen MR) is 92.8 cm³/mol. The predicted octanol–water partition coefficient (Wildman–Crippen LogP) is 5.17. The number of halogens is 3. The molecule has 1 aliphatic carbocycles. The Labute approximate surface area is 156 Å². The summed E-state index contributed by atoms with van der Waals surface area (Å²) in [6, 6.07) is 8.21. The quantitative estimate of drug-likeness (QED) is 0.450. The number of nitrogens with zero attached hydrogens (tertiary/aromatic N) is 3. The van der Waals surface area contributed by atoms with Crippen LogP contribution in [0.15, 0.2) is 40.8 Å². The molecule has 1 heterocycles. The van der Waals surface area contributed by atoms with Crippen LogP contribution in [0.4, 0.5) is 10.1 Å². The second kappa shape index (κ2) is 6.03. The van der Waals surface area contributed by atoms with E-state index in [0.29, 0.717) is 29.9 Å². The topological polar surface area (TPSA) is 82.1 Å². The molecule has 0 radical (unpaired) electrons. The van der Waals surface area contributed by atoms with E-state index in [1.54, 1.807) is 0 Å². The van der Waals surface area contributed by atoms with Crippen molar-refractivity contribution in [3.8, 4) is 11.5 Å². The molecule has 0 atom stereocenters. The normalized spacial score (nSPS) is 15.0. The SMILES string of the molecule is O=[N+]([O-])c1cc(Cl)c(C2(c3nnc(-c4ccc(F)cc4)o3)CC2)c(Cl)c1. The van der Waals surface area contributed by atoms with Crippen LogP contribution in [0, 0.1) is 15.9 Å². The first kappa shape index (κ1) is 16.9. The molecule has 132 valence electrons. The molecular weight excluding hydrogens is 384 g/mol. The van der Waals surface area contributed by atoms with Gasteiger partial charge in [0.05, 0.1) is 20.4 Å². The Morgan fingerprint density at radius 2 is 1.73 bits per heavy atom. The Morgan fingerprint density at radius 1 is 1.12 bits per heavy atom. The van der Waals surface area contributed by atoms with Crippen LogP contribution in [0.3, 0.4) is 0 Å². The third-order valence-electron chi connectivity index (χ3n) is 4.39. The summed E-state index contributed by atoms with van der Waals surface area (Å²) in [6.45, 7) is 0. The van der Waals surface area contributed by atoms with Crippen molar-refractivity contribution in [1.29, 1.82) is 0 Å². The average molecular weight is 394 g/mol. The molecule has 0 N–H and O–H groups in total. The zero-order chi connectivity index (χ0) is 18.5. The zero-order valence-electron chi connectivity index (χ0n) is 13.1. The Morgan fingerprint density at radius 3 is 2.27 bits per heavy atom. The molecule has 0 spiro atoms. The van der Waals surface area contributed by atoms with E-state index in [-0.39, 0.29) is 27.4 Å². The minimum atomic E-state index is -0.658. The molecule has 0 saturated heterocycles. The first-order valence-corrected chi connectivity index (χ1v) is 8.40. The van der Waals surface area contributed by atoms with E-state index >= 15 is 0 Å². The van der Waals surface area contributed by atoms with Crippen molar-refractivity contribution in [2.24, 2.45) is 0 Å². The molecule has 4 rings (SSSR count). The fourth-order valence-electron chi connectivity index (χ4n) is 2.94. The number of hydrogen-bond acceptors (Lipinski definition) is 5. The van der Waals surface area contributed by atoms with E-state index in [2.05, 4.69) is 10.2 Å². The Bertz CT molecular complexity index is 993. The summed E-state index contributed by atoms with van der Waals surface area (Å²) in [4.78, 5) is 10.4. The maximum atomic E-state index is 13.1. The van der Waals surface area contributed by atoms with Gasteiger partial charge in [-0.25, -0.2) is 4.39 Å². The molecule has 1 aromatic heterocycles. The summed E-state index contributed by atoms with van der Waals surface area (Å²) in [5.41, 5.74) is 0.286. The molecule has 1 fully saturated rings. The van der Waals surface area contributed by atoms with Crippen molar-refractivity contribution < 1.29 is 13.7 Å². The van der Waals surface area contributed by atoms with Crippen molar-refractivity contribution in [3.63, 3.8) is 0 Å². The Balaban J connectivity index is 1.75. The monoisotopic (exact) mass is 393 g/mol. The minimum Gasteiger partial charge on any atom is -0.420 e. The van der Waals surface area contributed by atoms with E-state index in [1.165, 1.54) is 36.4 Å². The molecule has 1 saturated carbocycles. The minimum absolute atomic E-state index is 0.183. The van der Waals surface area contributed by atoms with Crippen LogP contribution in [0.2, 0.25) is 10.0 Å². The molecule has 6 nitrogen and oxygen atoms in total. The zero-order valence-corrected chi connectivity index (χ0v) is 14.6. The van der Waals surface area contributed by atoms with Gasteiger partial charge in [-0.2, -0.15) is 0 Å². The summed E-state index contributed by atoms with van der Waals surface area (Å²) in [5.74, 6) is 0.214. The van der Waals surface area contributed by atoms with E-state index < -0.39 is 10.3 Å². The van der Waals surface area contributed by atoms with Gasteiger partial charge in [-0.15, -0.1) is 10.2 Å². The maximum absolute atomic E-state index is 13.1. The smallest absolute Gasteiger partial charge is 0.272 e. The number of hydrogen-bond donors (Lipinski definition) is 0. The molecule has 0 unspecified atom stereocenters. The van der Waals surface area contributed by atoms with Gasteiger partial charge >= 0.3 is 0 Å². The first-order chi connectivity index (χ1) is 12.4. The highest BCUT2D eigenvalue weighted by Gasteiger charge is 2.53. The van der Waals surface area contributed by atoms with Gasteiger partial charge in [-0.1, -0.05) is 23.2 Å². The number of non-ortho nitro benzene ring substituents is 1. The van der Waals surface area contributed by atoms with Gasteiger partial charge in [0.15, 0.2) is 0 Å². The fourth-order valence-corrected chi connectivity index (χ4v) is 3.78. The molecule has 2 aromatic carbocycles. The third-order valence-corrected chi connectivity index (χ3v) is 4.99. The lowest BCUT2D eigenvalue weighted by atomic mass is 9.95. The van der Waals surface area contributed by atoms with E-state index in [4.69, 9.17) is 27.6 Å². The van der Waals surface area contributed by atoms with Crippen molar-refractivity contribution in [3.05, 3.63) is 73.8 Å². The van der Waals surface area contributed by atoms with E-state index in [9.17, 15) is 14.5 Å². The van der Waals surface area contributed by atoms with Crippen LogP contribution in [0.5, 0.6) is 0 Å². The molecule has 3 aromatic rings. The molecule has 0 amide bonds. The molecule has 26 heavy (non-hydrogen) atoms. The van der Waals surface area contributed by atoms with Crippen LogP contribution in [0.25, 0.3) is 11.5 Å². The number of nitro benzene ring substituents is 1. The number of nitro groups is 1. The first-order valence-electron chi connectivity index (χ1n) is 7.64. The average Bonchev–Trinajstić information content (AvgIpc) is 3.22. The van der Waals surface area contributed by atoms with Crippen molar-refractivity contribution in [2.75, 3.05) is 0 Å². The van der Waals surface area contributed by atoms with Crippen molar-refractivity contribution in [2.45, 2.75) is 18.3 Å². The summed E-state index contributed by atoms with van der Waals surface area (Å²) < 4.78 is 18.8. The largest absolute Gasteiger partial charge is 0.420 e. The number of benzene rings is 2. The highest BCUT2D eigenvalue weighted by molar-refractivity contribution is 6.36. The van der Waals surface area contributed by atoms with Gasteiger partial charge in [-0.3, -0.25) is 10.1 Å². The third kappa shape index (κ3) is 2.73. The second-order valence-corrected chi connectivity index (χ2v) is 6.86. The summed E-state index contributed by atoms with van der Waals surface area (Å²) >= 11 is 12.5. The molecule has 9 heteroatoms. The number of rotatable bonds is 4.